The molecule has 114 valence electrons. The monoisotopic (exact) mass is 287 g/mol. The molecule has 0 radical (unpaired) electrons. The van der Waals surface area contributed by atoms with Gasteiger partial charge in [0.25, 0.3) is 0 Å². The van der Waals surface area contributed by atoms with Crippen molar-refractivity contribution in [2.75, 3.05) is 11.4 Å². The molecular formula is C18H25NO2. The van der Waals surface area contributed by atoms with Gasteiger partial charge in [-0.25, -0.2) is 4.79 Å². The van der Waals surface area contributed by atoms with Crippen LogP contribution in [0, 0.1) is 18.8 Å². The summed E-state index contributed by atoms with van der Waals surface area (Å²) in [5, 5.41) is 8.88. The van der Waals surface area contributed by atoms with Gasteiger partial charge in [-0.05, 0) is 55.9 Å². The fourth-order valence-corrected chi connectivity index (χ4v) is 3.26. The molecule has 0 saturated carbocycles. The Balaban J connectivity index is 2.40. The van der Waals surface area contributed by atoms with E-state index in [-0.39, 0.29) is 0 Å². The van der Waals surface area contributed by atoms with E-state index in [1.165, 1.54) is 12.5 Å². The third-order valence-electron chi connectivity index (χ3n) is 4.50. The Labute approximate surface area is 127 Å². The minimum atomic E-state index is -0.907. The highest BCUT2D eigenvalue weighted by molar-refractivity contribution is 5.87. The highest BCUT2D eigenvalue weighted by atomic mass is 16.4. The number of hydrogen-bond acceptors (Lipinski definition) is 2. The van der Waals surface area contributed by atoms with Gasteiger partial charge >= 0.3 is 5.97 Å². The molecule has 1 N–H and O–H groups in total. The molecule has 0 bridgehead atoms. The number of hydrogen-bond donors (Lipinski definition) is 1. The molecule has 1 heterocycles. The number of rotatable bonds is 3. The Morgan fingerprint density at radius 2 is 2.05 bits per heavy atom. The Hall–Kier alpha value is -1.77. The van der Waals surface area contributed by atoms with Gasteiger partial charge in [0, 0.05) is 24.4 Å². The van der Waals surface area contributed by atoms with Crippen LogP contribution in [-0.4, -0.2) is 23.7 Å². The molecular weight excluding hydrogens is 262 g/mol. The van der Waals surface area contributed by atoms with Crippen molar-refractivity contribution in [3.05, 3.63) is 35.4 Å². The average molecular weight is 287 g/mol. The lowest BCUT2D eigenvalue weighted by Crippen LogP contribution is -2.46. The average Bonchev–Trinajstić information content (AvgIpc) is 2.41. The van der Waals surface area contributed by atoms with E-state index in [0.29, 0.717) is 17.9 Å². The molecule has 0 amide bonds. The van der Waals surface area contributed by atoms with Crippen molar-refractivity contribution in [2.45, 2.75) is 40.2 Å². The zero-order valence-electron chi connectivity index (χ0n) is 13.3. The van der Waals surface area contributed by atoms with Gasteiger partial charge in [0.2, 0.25) is 0 Å². The van der Waals surface area contributed by atoms with Crippen molar-refractivity contribution in [1.29, 1.82) is 0 Å². The summed E-state index contributed by atoms with van der Waals surface area (Å²) >= 11 is 0. The fourth-order valence-electron chi connectivity index (χ4n) is 3.26. The largest absolute Gasteiger partial charge is 0.478 e. The third kappa shape index (κ3) is 3.66. The van der Waals surface area contributed by atoms with Crippen LogP contribution >= 0.6 is 0 Å². The van der Waals surface area contributed by atoms with E-state index in [1.807, 2.05) is 6.92 Å². The number of aryl methyl sites for hydroxylation is 1. The predicted molar refractivity (Wildman–Crippen MR) is 87.6 cm³/mol. The number of piperidine rings is 1. The van der Waals surface area contributed by atoms with Crippen LogP contribution in [0.2, 0.25) is 0 Å². The minimum Gasteiger partial charge on any atom is -0.478 e. The minimum absolute atomic E-state index is 0.473. The predicted octanol–water partition coefficient (Wildman–Crippen LogP) is 3.96. The number of carboxylic acid groups (broad SMARTS) is 1. The van der Waals surface area contributed by atoms with Crippen LogP contribution in [0.4, 0.5) is 5.69 Å². The number of aliphatic carboxylic acids is 1. The molecule has 2 rings (SSSR count). The Morgan fingerprint density at radius 3 is 2.71 bits per heavy atom. The van der Waals surface area contributed by atoms with Gasteiger partial charge in [0.1, 0.15) is 0 Å². The highest BCUT2D eigenvalue weighted by Crippen LogP contribution is 2.34. The summed E-state index contributed by atoms with van der Waals surface area (Å²) in [6.07, 6.45) is 4.19. The van der Waals surface area contributed by atoms with E-state index in [2.05, 4.69) is 43.9 Å². The van der Waals surface area contributed by atoms with Gasteiger partial charge in [0.15, 0.2) is 0 Å². The van der Waals surface area contributed by atoms with Gasteiger partial charge in [-0.2, -0.15) is 0 Å². The molecule has 1 aromatic carbocycles. The summed E-state index contributed by atoms with van der Waals surface area (Å²) < 4.78 is 0. The lowest BCUT2D eigenvalue weighted by Gasteiger charge is -2.43. The standard InChI is InChI=1S/C18H25NO2/c1-12-5-7-17(16(10-12)6-8-18(20)21)19-11-13(2)9-14(3)15(19)4/h5-8,10,13-15H,9,11H2,1-4H3,(H,20,21)/b8-6+. The molecule has 1 aromatic rings. The molecule has 3 unspecified atom stereocenters. The van der Waals surface area contributed by atoms with Gasteiger partial charge in [-0.15, -0.1) is 0 Å². The summed E-state index contributed by atoms with van der Waals surface area (Å²) in [5.41, 5.74) is 3.28. The van der Waals surface area contributed by atoms with Crippen molar-refractivity contribution < 1.29 is 9.90 Å². The molecule has 0 aromatic heterocycles. The van der Waals surface area contributed by atoms with Gasteiger partial charge in [-0.1, -0.05) is 25.5 Å². The molecule has 0 spiro atoms. The van der Waals surface area contributed by atoms with Crippen LogP contribution in [0.5, 0.6) is 0 Å². The molecule has 3 nitrogen and oxygen atoms in total. The van der Waals surface area contributed by atoms with E-state index < -0.39 is 5.97 Å². The summed E-state index contributed by atoms with van der Waals surface area (Å²) in [5.74, 6) is 0.399. The third-order valence-corrected chi connectivity index (χ3v) is 4.50. The summed E-state index contributed by atoms with van der Waals surface area (Å²) in [6, 6.07) is 6.76. The highest BCUT2D eigenvalue weighted by Gasteiger charge is 2.29. The fraction of sp³-hybridized carbons (Fsp3) is 0.500. The first kappa shape index (κ1) is 15.6. The van der Waals surface area contributed by atoms with Crippen molar-refractivity contribution >= 4 is 17.7 Å². The second kappa shape index (κ2) is 6.33. The van der Waals surface area contributed by atoms with E-state index in [4.69, 9.17) is 5.11 Å². The quantitative estimate of drug-likeness (QED) is 0.855. The molecule has 1 aliphatic rings. The van der Waals surface area contributed by atoms with Gasteiger partial charge < -0.3 is 10.0 Å². The van der Waals surface area contributed by atoms with Crippen molar-refractivity contribution in [3.63, 3.8) is 0 Å². The summed E-state index contributed by atoms with van der Waals surface area (Å²) in [7, 11) is 0. The second-order valence-corrected chi connectivity index (χ2v) is 6.44. The number of carbonyl (C=O) groups is 1. The van der Waals surface area contributed by atoms with Crippen LogP contribution < -0.4 is 4.90 Å². The topological polar surface area (TPSA) is 40.5 Å². The lowest BCUT2D eigenvalue weighted by atomic mass is 9.85. The van der Waals surface area contributed by atoms with Crippen LogP contribution in [0.1, 0.15) is 38.3 Å². The van der Waals surface area contributed by atoms with E-state index in [9.17, 15) is 4.79 Å². The SMILES string of the molecule is Cc1ccc(N2CC(C)CC(C)C2C)c(/C=C/C(=O)O)c1. The molecule has 21 heavy (non-hydrogen) atoms. The van der Waals surface area contributed by atoms with E-state index in [1.54, 1.807) is 6.08 Å². The van der Waals surface area contributed by atoms with Crippen LogP contribution in [0.3, 0.4) is 0 Å². The Kier molecular flexibility index (Phi) is 4.71. The zero-order valence-corrected chi connectivity index (χ0v) is 13.3. The lowest BCUT2D eigenvalue weighted by molar-refractivity contribution is -0.131. The smallest absolute Gasteiger partial charge is 0.328 e. The van der Waals surface area contributed by atoms with Crippen LogP contribution in [0.25, 0.3) is 6.08 Å². The molecule has 1 aliphatic heterocycles. The maximum atomic E-state index is 10.8. The maximum Gasteiger partial charge on any atom is 0.328 e. The van der Waals surface area contributed by atoms with Crippen molar-refractivity contribution in [3.8, 4) is 0 Å². The first-order valence-electron chi connectivity index (χ1n) is 7.66. The van der Waals surface area contributed by atoms with E-state index in [0.717, 1.165) is 23.4 Å². The normalized spacial score (nSPS) is 26.3. The zero-order chi connectivity index (χ0) is 15.6. The Morgan fingerprint density at radius 1 is 1.33 bits per heavy atom. The van der Waals surface area contributed by atoms with Gasteiger partial charge in [-0.3, -0.25) is 0 Å². The molecule has 0 aliphatic carbocycles. The Bertz CT molecular complexity index is 550. The van der Waals surface area contributed by atoms with Gasteiger partial charge in [0.05, 0.1) is 0 Å². The number of carboxylic acids is 1. The molecule has 1 fully saturated rings. The van der Waals surface area contributed by atoms with Crippen molar-refractivity contribution in [1.82, 2.24) is 0 Å². The van der Waals surface area contributed by atoms with E-state index >= 15 is 0 Å². The first-order chi connectivity index (χ1) is 9.88. The summed E-state index contributed by atoms with van der Waals surface area (Å²) in [4.78, 5) is 13.2. The van der Waals surface area contributed by atoms with Crippen LogP contribution in [0.15, 0.2) is 24.3 Å². The number of anilines is 1. The number of nitrogens with zero attached hydrogens (tertiary/aromatic N) is 1. The molecule has 3 atom stereocenters. The second-order valence-electron chi connectivity index (χ2n) is 6.44. The molecule has 1 saturated heterocycles. The maximum absolute atomic E-state index is 10.8. The first-order valence-corrected chi connectivity index (χ1v) is 7.66. The molecule has 3 heteroatoms. The van der Waals surface area contributed by atoms with Crippen LogP contribution in [-0.2, 0) is 4.79 Å². The summed E-state index contributed by atoms with van der Waals surface area (Å²) in [6.45, 7) is 9.92. The van der Waals surface area contributed by atoms with Crippen molar-refractivity contribution in [2.24, 2.45) is 11.8 Å². The number of benzene rings is 1.